The lowest BCUT2D eigenvalue weighted by molar-refractivity contribution is -0.385. The van der Waals surface area contributed by atoms with Crippen molar-refractivity contribution in [2.75, 3.05) is 0 Å². The van der Waals surface area contributed by atoms with Gasteiger partial charge in [0.1, 0.15) is 12.4 Å². The van der Waals surface area contributed by atoms with Crippen LogP contribution in [0.25, 0.3) is 0 Å². The summed E-state index contributed by atoms with van der Waals surface area (Å²) in [5, 5.41) is 10.9. The minimum atomic E-state index is -0.406. The van der Waals surface area contributed by atoms with E-state index in [0.29, 0.717) is 11.3 Å². The molecule has 0 unspecified atom stereocenters. The summed E-state index contributed by atoms with van der Waals surface area (Å²) in [6.07, 6.45) is 0. The molecule has 5 heteroatoms. The third kappa shape index (κ3) is 3.33. The number of nitro benzene ring substituents is 1. The third-order valence-corrected chi connectivity index (χ3v) is 2.97. The molecule has 0 heterocycles. The first kappa shape index (κ1) is 14.0. The fourth-order valence-corrected chi connectivity index (χ4v) is 1.86. The molecule has 0 saturated heterocycles. The molecule has 0 amide bonds. The summed E-state index contributed by atoms with van der Waals surface area (Å²) in [7, 11) is 0. The zero-order valence-corrected chi connectivity index (χ0v) is 11.2. The largest absolute Gasteiger partial charge is 0.489 e. The topological polar surface area (TPSA) is 78.4 Å². The Morgan fingerprint density at radius 2 is 2.00 bits per heavy atom. The lowest BCUT2D eigenvalue weighted by Gasteiger charge is -2.10. The quantitative estimate of drug-likeness (QED) is 0.669. The van der Waals surface area contributed by atoms with Crippen molar-refractivity contribution in [2.24, 2.45) is 5.73 Å². The average molecular weight is 272 g/mol. The highest BCUT2D eigenvalue weighted by atomic mass is 16.6. The number of benzene rings is 2. The first-order valence-electron chi connectivity index (χ1n) is 6.28. The van der Waals surface area contributed by atoms with E-state index in [1.165, 1.54) is 6.07 Å². The minimum absolute atomic E-state index is 0.0656. The Bertz CT molecular complexity index is 612. The van der Waals surface area contributed by atoms with Crippen molar-refractivity contribution in [3.63, 3.8) is 0 Å². The zero-order valence-electron chi connectivity index (χ0n) is 11.2. The van der Waals surface area contributed by atoms with Gasteiger partial charge >= 0.3 is 0 Å². The molecule has 2 aromatic rings. The molecule has 0 aliphatic carbocycles. The first-order chi connectivity index (χ1) is 9.58. The van der Waals surface area contributed by atoms with E-state index in [9.17, 15) is 10.1 Å². The zero-order chi connectivity index (χ0) is 14.5. The van der Waals surface area contributed by atoms with E-state index < -0.39 is 4.92 Å². The molecule has 0 aliphatic heterocycles. The number of para-hydroxylation sites is 1. The summed E-state index contributed by atoms with van der Waals surface area (Å²) in [4.78, 5) is 10.5. The molecule has 0 saturated carbocycles. The monoisotopic (exact) mass is 272 g/mol. The number of nitro groups is 1. The number of rotatable bonds is 5. The molecule has 20 heavy (non-hydrogen) atoms. The minimum Gasteiger partial charge on any atom is -0.489 e. The SMILES string of the molecule is C[C@H](N)c1cccc(OCc2ccccc2[N+](=O)[O-])c1. The predicted molar refractivity (Wildman–Crippen MR) is 76.5 cm³/mol. The second kappa shape index (κ2) is 6.16. The number of hydrogen-bond donors (Lipinski definition) is 1. The van der Waals surface area contributed by atoms with E-state index in [-0.39, 0.29) is 18.3 Å². The fraction of sp³-hybridized carbons (Fsp3) is 0.200. The van der Waals surface area contributed by atoms with Crippen LogP contribution in [0.4, 0.5) is 5.69 Å². The standard InChI is InChI=1S/C15H16N2O3/c1-11(16)12-6-4-7-14(9-12)20-10-13-5-2-3-8-15(13)17(18)19/h2-9,11H,10,16H2,1H3/t11-/m0/s1. The van der Waals surface area contributed by atoms with Crippen LogP contribution in [-0.2, 0) is 6.61 Å². The van der Waals surface area contributed by atoms with E-state index in [0.717, 1.165) is 5.56 Å². The number of ether oxygens (including phenoxy) is 1. The lowest BCUT2D eigenvalue weighted by atomic mass is 10.1. The highest BCUT2D eigenvalue weighted by Crippen LogP contribution is 2.22. The van der Waals surface area contributed by atoms with Crippen LogP contribution in [-0.4, -0.2) is 4.92 Å². The van der Waals surface area contributed by atoms with Crippen LogP contribution in [0.1, 0.15) is 24.1 Å². The molecule has 2 aromatic carbocycles. The van der Waals surface area contributed by atoms with Crippen molar-refractivity contribution in [3.8, 4) is 5.75 Å². The summed E-state index contributed by atoms with van der Waals surface area (Å²) < 4.78 is 5.61. The number of hydrogen-bond acceptors (Lipinski definition) is 4. The summed E-state index contributed by atoms with van der Waals surface area (Å²) in [5.74, 6) is 0.651. The van der Waals surface area contributed by atoms with Gasteiger partial charge < -0.3 is 10.5 Å². The fourth-order valence-electron chi connectivity index (χ4n) is 1.86. The Morgan fingerprint density at radius 1 is 1.25 bits per heavy atom. The van der Waals surface area contributed by atoms with Gasteiger partial charge in [0.05, 0.1) is 10.5 Å². The van der Waals surface area contributed by atoms with Crippen LogP contribution in [0, 0.1) is 10.1 Å². The maximum atomic E-state index is 10.9. The smallest absolute Gasteiger partial charge is 0.276 e. The number of nitrogens with two attached hydrogens (primary N) is 1. The Hall–Kier alpha value is -2.40. The number of nitrogens with zero attached hydrogens (tertiary/aromatic N) is 1. The van der Waals surface area contributed by atoms with Crippen LogP contribution < -0.4 is 10.5 Å². The third-order valence-electron chi connectivity index (χ3n) is 2.97. The van der Waals surface area contributed by atoms with Gasteiger partial charge in [-0.1, -0.05) is 24.3 Å². The molecule has 0 radical (unpaired) electrons. The Balaban J connectivity index is 2.13. The van der Waals surface area contributed by atoms with Gasteiger partial charge in [0.15, 0.2) is 0 Å². The maximum absolute atomic E-state index is 10.9. The van der Waals surface area contributed by atoms with Gasteiger partial charge in [-0.15, -0.1) is 0 Å². The van der Waals surface area contributed by atoms with Crippen LogP contribution >= 0.6 is 0 Å². The first-order valence-corrected chi connectivity index (χ1v) is 6.28. The van der Waals surface area contributed by atoms with Gasteiger partial charge in [-0.3, -0.25) is 10.1 Å². The Kier molecular flexibility index (Phi) is 4.32. The maximum Gasteiger partial charge on any atom is 0.276 e. The van der Waals surface area contributed by atoms with Gasteiger partial charge in [0.25, 0.3) is 5.69 Å². The normalized spacial score (nSPS) is 11.9. The molecule has 1 atom stereocenters. The van der Waals surface area contributed by atoms with Gasteiger partial charge in [-0.05, 0) is 30.7 Å². The molecule has 104 valence electrons. The molecule has 0 fully saturated rings. The van der Waals surface area contributed by atoms with Crippen molar-refractivity contribution in [3.05, 3.63) is 69.8 Å². The van der Waals surface area contributed by atoms with Crippen LogP contribution in [0.3, 0.4) is 0 Å². The van der Waals surface area contributed by atoms with Gasteiger partial charge in [-0.2, -0.15) is 0 Å². The molecule has 5 nitrogen and oxygen atoms in total. The summed E-state index contributed by atoms with van der Waals surface area (Å²) in [5.41, 5.74) is 7.38. The van der Waals surface area contributed by atoms with E-state index in [1.54, 1.807) is 24.3 Å². The average Bonchev–Trinajstić information content (AvgIpc) is 2.45. The van der Waals surface area contributed by atoms with E-state index in [2.05, 4.69) is 0 Å². The Labute approximate surface area is 117 Å². The summed E-state index contributed by atoms with van der Waals surface area (Å²) in [6.45, 7) is 2.04. The van der Waals surface area contributed by atoms with Gasteiger partial charge in [0, 0.05) is 12.1 Å². The Morgan fingerprint density at radius 3 is 2.70 bits per heavy atom. The van der Waals surface area contributed by atoms with Crippen molar-refractivity contribution in [1.29, 1.82) is 0 Å². The van der Waals surface area contributed by atoms with Gasteiger partial charge in [-0.25, -0.2) is 0 Å². The van der Waals surface area contributed by atoms with Crippen LogP contribution in [0.15, 0.2) is 48.5 Å². The van der Waals surface area contributed by atoms with Crippen molar-refractivity contribution < 1.29 is 9.66 Å². The van der Waals surface area contributed by atoms with Crippen LogP contribution in [0.2, 0.25) is 0 Å². The molecule has 2 rings (SSSR count). The van der Waals surface area contributed by atoms with Gasteiger partial charge in [0.2, 0.25) is 0 Å². The molecular formula is C15H16N2O3. The van der Waals surface area contributed by atoms with Crippen molar-refractivity contribution in [1.82, 2.24) is 0 Å². The predicted octanol–water partition coefficient (Wildman–Crippen LogP) is 3.19. The summed E-state index contributed by atoms with van der Waals surface area (Å²) >= 11 is 0. The van der Waals surface area contributed by atoms with E-state index in [1.807, 2.05) is 25.1 Å². The molecule has 2 N–H and O–H groups in total. The van der Waals surface area contributed by atoms with Crippen molar-refractivity contribution >= 4 is 5.69 Å². The highest BCUT2D eigenvalue weighted by molar-refractivity contribution is 5.40. The van der Waals surface area contributed by atoms with Crippen LogP contribution in [0.5, 0.6) is 5.75 Å². The molecular weight excluding hydrogens is 256 g/mol. The molecule has 0 aliphatic rings. The summed E-state index contributed by atoms with van der Waals surface area (Å²) in [6, 6.07) is 13.9. The molecule has 0 bridgehead atoms. The lowest BCUT2D eigenvalue weighted by Crippen LogP contribution is -2.05. The molecule has 0 aromatic heterocycles. The van der Waals surface area contributed by atoms with E-state index >= 15 is 0 Å². The van der Waals surface area contributed by atoms with E-state index in [4.69, 9.17) is 10.5 Å². The van der Waals surface area contributed by atoms with Crippen molar-refractivity contribution in [2.45, 2.75) is 19.6 Å². The molecule has 0 spiro atoms. The second-order valence-electron chi connectivity index (χ2n) is 4.54. The second-order valence-corrected chi connectivity index (χ2v) is 4.54. The highest BCUT2D eigenvalue weighted by Gasteiger charge is 2.12.